The summed E-state index contributed by atoms with van der Waals surface area (Å²) < 4.78 is 14.4. The highest BCUT2D eigenvalue weighted by Crippen LogP contribution is 1.93. The monoisotopic (exact) mass is 240 g/mol. The van der Waals surface area contributed by atoms with Crippen molar-refractivity contribution in [3.63, 3.8) is 0 Å². The van der Waals surface area contributed by atoms with Crippen molar-refractivity contribution >= 4 is 0 Å². The van der Waals surface area contributed by atoms with E-state index in [1.54, 1.807) is 13.4 Å². The minimum absolute atomic E-state index is 0.733. The number of hydrogen-bond acceptors (Lipinski definition) is 3. The second-order valence-electron chi connectivity index (χ2n) is 3.39. The molecule has 0 aliphatic carbocycles. The van der Waals surface area contributed by atoms with Gasteiger partial charge in [-0.3, -0.25) is 0 Å². The Labute approximate surface area is 105 Å². The van der Waals surface area contributed by atoms with Crippen LogP contribution in [0.15, 0.2) is 36.6 Å². The largest absolute Gasteiger partial charge is 0.501 e. The fraction of sp³-hybridized carbons (Fsp3) is 0.571. The lowest BCUT2D eigenvalue weighted by molar-refractivity contribution is 0.158. The lowest BCUT2D eigenvalue weighted by atomic mass is 10.3. The average Bonchev–Trinajstić information content (AvgIpc) is 2.98. The van der Waals surface area contributed by atoms with E-state index in [0.29, 0.717) is 0 Å². The van der Waals surface area contributed by atoms with Crippen LogP contribution in [0.1, 0.15) is 19.8 Å². The van der Waals surface area contributed by atoms with Gasteiger partial charge in [-0.05, 0) is 19.4 Å². The zero-order valence-electron chi connectivity index (χ0n) is 10.9. The van der Waals surface area contributed by atoms with Crippen LogP contribution in [-0.2, 0) is 14.2 Å². The molecule has 0 bridgehead atoms. The maximum absolute atomic E-state index is 4.98. The van der Waals surface area contributed by atoms with Gasteiger partial charge in [-0.1, -0.05) is 24.3 Å². The molecule has 0 spiro atoms. The molecule has 2 aliphatic rings. The van der Waals surface area contributed by atoms with Crippen molar-refractivity contribution in [2.45, 2.75) is 19.8 Å². The molecule has 0 amide bonds. The highest BCUT2D eigenvalue weighted by molar-refractivity contribution is 4.84. The van der Waals surface area contributed by atoms with Gasteiger partial charge in [0.1, 0.15) is 0 Å². The predicted octanol–water partition coefficient (Wildman–Crippen LogP) is 3.09. The molecule has 0 unspecified atom stereocenters. The van der Waals surface area contributed by atoms with Gasteiger partial charge in [0.05, 0.1) is 32.7 Å². The summed E-state index contributed by atoms with van der Waals surface area (Å²) in [5.74, 6) is 0. The molecule has 17 heavy (non-hydrogen) atoms. The number of allylic oxidation sites excluding steroid dienone is 1. The Balaban J connectivity index is 0.000000227. The summed E-state index contributed by atoms with van der Waals surface area (Å²) in [4.78, 5) is 0. The molecule has 2 rings (SSSR count). The first-order valence-corrected chi connectivity index (χ1v) is 6.01. The van der Waals surface area contributed by atoms with Crippen LogP contribution < -0.4 is 0 Å². The topological polar surface area (TPSA) is 27.7 Å². The van der Waals surface area contributed by atoms with Crippen LogP contribution >= 0.6 is 0 Å². The summed E-state index contributed by atoms with van der Waals surface area (Å²) in [5, 5.41) is 0. The fourth-order valence-corrected chi connectivity index (χ4v) is 1.02. The van der Waals surface area contributed by atoms with Crippen LogP contribution in [-0.4, -0.2) is 33.5 Å². The van der Waals surface area contributed by atoms with E-state index in [1.165, 1.54) is 0 Å². The van der Waals surface area contributed by atoms with Gasteiger partial charge >= 0.3 is 0 Å². The van der Waals surface area contributed by atoms with Gasteiger partial charge in [-0.25, -0.2) is 0 Å². The maximum Gasteiger partial charge on any atom is 0.0908 e. The molecule has 0 N–H and O–H groups in total. The third-order valence-corrected chi connectivity index (χ3v) is 1.90. The normalized spacial score (nSPS) is 16.8. The van der Waals surface area contributed by atoms with Crippen LogP contribution in [0.25, 0.3) is 0 Å². The van der Waals surface area contributed by atoms with Gasteiger partial charge in [-0.2, -0.15) is 0 Å². The van der Waals surface area contributed by atoms with Crippen LogP contribution in [0.4, 0.5) is 0 Å². The van der Waals surface area contributed by atoms with E-state index in [9.17, 15) is 0 Å². The van der Waals surface area contributed by atoms with E-state index < -0.39 is 0 Å². The molecular formula is C14H24O3. The van der Waals surface area contributed by atoms with Crippen LogP contribution in [0.3, 0.4) is 0 Å². The van der Waals surface area contributed by atoms with E-state index in [2.05, 4.69) is 6.08 Å². The maximum atomic E-state index is 4.98. The van der Waals surface area contributed by atoms with Crippen molar-refractivity contribution in [2.75, 3.05) is 33.5 Å². The summed E-state index contributed by atoms with van der Waals surface area (Å²) in [5.41, 5.74) is 0. The SMILES string of the molecule is C/C=C\COC.C1=CCOCC1.C1=COCC1. The van der Waals surface area contributed by atoms with Crippen LogP contribution in [0.2, 0.25) is 0 Å². The van der Waals surface area contributed by atoms with Crippen LogP contribution in [0, 0.1) is 0 Å². The smallest absolute Gasteiger partial charge is 0.0908 e. The van der Waals surface area contributed by atoms with Crippen molar-refractivity contribution in [2.24, 2.45) is 0 Å². The molecule has 0 saturated heterocycles. The van der Waals surface area contributed by atoms with Gasteiger partial charge in [0, 0.05) is 13.5 Å². The summed E-state index contributed by atoms with van der Waals surface area (Å²) in [6.45, 7) is 5.33. The second-order valence-corrected chi connectivity index (χ2v) is 3.39. The Kier molecular flexibility index (Phi) is 14.0. The Morgan fingerprint density at radius 2 is 2.00 bits per heavy atom. The molecule has 3 heteroatoms. The first-order valence-electron chi connectivity index (χ1n) is 6.01. The van der Waals surface area contributed by atoms with E-state index in [0.717, 1.165) is 39.3 Å². The summed E-state index contributed by atoms with van der Waals surface area (Å²) in [6, 6.07) is 0. The molecule has 2 aliphatic heterocycles. The molecule has 0 saturated carbocycles. The molecule has 3 nitrogen and oxygen atoms in total. The Morgan fingerprint density at radius 1 is 1.18 bits per heavy atom. The number of hydrogen-bond donors (Lipinski definition) is 0. The lowest BCUT2D eigenvalue weighted by Crippen LogP contribution is -1.96. The second kappa shape index (κ2) is 14.9. The van der Waals surface area contributed by atoms with Crippen molar-refractivity contribution in [3.8, 4) is 0 Å². The Morgan fingerprint density at radius 3 is 2.18 bits per heavy atom. The van der Waals surface area contributed by atoms with Gasteiger partial charge < -0.3 is 14.2 Å². The van der Waals surface area contributed by atoms with Crippen molar-refractivity contribution in [3.05, 3.63) is 36.6 Å². The number of ether oxygens (including phenoxy) is 3. The van der Waals surface area contributed by atoms with E-state index in [1.807, 2.05) is 31.2 Å². The van der Waals surface area contributed by atoms with E-state index in [-0.39, 0.29) is 0 Å². The summed E-state index contributed by atoms with van der Waals surface area (Å²) in [6.07, 6.45) is 14.1. The quantitative estimate of drug-likeness (QED) is 0.694. The molecule has 98 valence electrons. The predicted molar refractivity (Wildman–Crippen MR) is 71.0 cm³/mol. The van der Waals surface area contributed by atoms with Gasteiger partial charge in [-0.15, -0.1) is 0 Å². The van der Waals surface area contributed by atoms with E-state index in [4.69, 9.17) is 14.2 Å². The average molecular weight is 240 g/mol. The Bertz CT molecular complexity index is 206. The van der Waals surface area contributed by atoms with E-state index >= 15 is 0 Å². The van der Waals surface area contributed by atoms with Crippen molar-refractivity contribution in [1.82, 2.24) is 0 Å². The minimum Gasteiger partial charge on any atom is -0.501 e. The van der Waals surface area contributed by atoms with Crippen molar-refractivity contribution in [1.29, 1.82) is 0 Å². The molecule has 0 atom stereocenters. The van der Waals surface area contributed by atoms with Gasteiger partial charge in [0.2, 0.25) is 0 Å². The fourth-order valence-electron chi connectivity index (χ4n) is 1.02. The van der Waals surface area contributed by atoms with Gasteiger partial charge in [0.25, 0.3) is 0 Å². The molecule has 0 aromatic carbocycles. The third kappa shape index (κ3) is 14.9. The molecule has 2 heterocycles. The number of rotatable bonds is 2. The number of methoxy groups -OCH3 is 1. The third-order valence-electron chi connectivity index (χ3n) is 1.90. The van der Waals surface area contributed by atoms with Gasteiger partial charge in [0.15, 0.2) is 0 Å². The Hall–Kier alpha value is -1.06. The summed E-state index contributed by atoms with van der Waals surface area (Å²) >= 11 is 0. The standard InChI is InChI=1S/C5H8O.C5H10O.C4H6O/c1-2-4-6-5-3-1;1-3-4-5-6-2;1-2-4-5-3-1/h1-2H,3-5H2;3-4H,5H2,1-2H3;1,3H,2,4H2/b;4-3-;. The molecule has 0 radical (unpaired) electrons. The highest BCUT2D eigenvalue weighted by atomic mass is 16.5. The first kappa shape index (κ1) is 15.9. The molecule has 0 aromatic rings. The lowest BCUT2D eigenvalue weighted by Gasteiger charge is -2.00. The zero-order chi connectivity index (χ0) is 12.6. The first-order chi connectivity index (χ1) is 8.41. The zero-order valence-corrected chi connectivity index (χ0v) is 10.9. The minimum atomic E-state index is 0.733. The molecule has 0 aromatic heterocycles. The molecular weight excluding hydrogens is 216 g/mol. The molecule has 0 fully saturated rings. The van der Waals surface area contributed by atoms with Crippen molar-refractivity contribution < 1.29 is 14.2 Å². The van der Waals surface area contributed by atoms with Crippen LogP contribution in [0.5, 0.6) is 0 Å². The summed E-state index contributed by atoms with van der Waals surface area (Å²) in [7, 11) is 1.68. The highest BCUT2D eigenvalue weighted by Gasteiger charge is 1.86.